The molecule has 0 radical (unpaired) electrons. The number of aromatic amines is 1. The average molecular weight is 304 g/mol. The highest BCUT2D eigenvalue weighted by Gasteiger charge is 2.30. The Balaban J connectivity index is 1.66. The van der Waals surface area contributed by atoms with Gasteiger partial charge in [-0.2, -0.15) is 10.2 Å². The van der Waals surface area contributed by atoms with E-state index in [1.165, 1.54) is 6.33 Å². The molecule has 3 rings (SSSR count). The van der Waals surface area contributed by atoms with E-state index in [1.54, 1.807) is 6.20 Å². The second kappa shape index (κ2) is 6.69. The lowest BCUT2D eigenvalue weighted by atomic mass is 9.92. The third-order valence-electron chi connectivity index (χ3n) is 3.94. The first-order valence-corrected chi connectivity index (χ1v) is 7.56. The molecule has 2 N–H and O–H groups in total. The van der Waals surface area contributed by atoms with E-state index in [-0.39, 0.29) is 23.8 Å². The van der Waals surface area contributed by atoms with Crippen molar-refractivity contribution in [2.45, 2.75) is 32.4 Å². The van der Waals surface area contributed by atoms with Crippen molar-refractivity contribution >= 4 is 5.91 Å². The summed E-state index contributed by atoms with van der Waals surface area (Å²) in [7, 11) is 0. The molecule has 0 bridgehead atoms. The second-order valence-electron chi connectivity index (χ2n) is 5.31. The Kier molecular flexibility index (Phi) is 4.47. The number of aryl methyl sites for hydroxylation is 1. The Morgan fingerprint density at radius 1 is 1.59 bits per heavy atom. The molecule has 2 aromatic heterocycles. The highest BCUT2D eigenvalue weighted by molar-refractivity contribution is 5.90. The van der Waals surface area contributed by atoms with E-state index in [0.717, 1.165) is 31.7 Å². The van der Waals surface area contributed by atoms with E-state index in [1.807, 2.05) is 10.7 Å². The number of aromatic nitrogens is 5. The molecular weight excluding hydrogens is 284 g/mol. The molecule has 8 nitrogen and oxygen atoms in total. The fraction of sp³-hybridized carbons (Fsp3) is 0.571. The average Bonchev–Trinajstić information content (AvgIpc) is 3.23. The highest BCUT2D eigenvalue weighted by atomic mass is 16.5. The Bertz CT molecular complexity index is 609. The van der Waals surface area contributed by atoms with Gasteiger partial charge in [-0.05, 0) is 25.8 Å². The van der Waals surface area contributed by atoms with E-state index < -0.39 is 0 Å². The molecule has 0 spiro atoms. The third kappa shape index (κ3) is 3.01. The minimum atomic E-state index is -0.245. The molecule has 0 saturated carbocycles. The van der Waals surface area contributed by atoms with Gasteiger partial charge in [-0.1, -0.05) is 0 Å². The van der Waals surface area contributed by atoms with Crippen LogP contribution in [0.4, 0.5) is 0 Å². The van der Waals surface area contributed by atoms with Crippen LogP contribution in [-0.2, 0) is 11.3 Å². The molecule has 1 saturated heterocycles. The van der Waals surface area contributed by atoms with E-state index in [0.29, 0.717) is 6.54 Å². The Labute approximate surface area is 128 Å². The van der Waals surface area contributed by atoms with Crippen LogP contribution in [0.25, 0.3) is 0 Å². The van der Waals surface area contributed by atoms with Crippen LogP contribution >= 0.6 is 0 Å². The molecule has 0 aromatic carbocycles. The maximum absolute atomic E-state index is 12.0. The summed E-state index contributed by atoms with van der Waals surface area (Å²) < 4.78 is 7.90. The molecule has 1 aliphatic rings. The molecule has 8 heteroatoms. The number of carbonyl (C=O) groups is 1. The van der Waals surface area contributed by atoms with Gasteiger partial charge in [0.15, 0.2) is 0 Å². The molecule has 1 amide bonds. The van der Waals surface area contributed by atoms with Crippen LogP contribution in [0.3, 0.4) is 0 Å². The van der Waals surface area contributed by atoms with Crippen molar-refractivity contribution < 1.29 is 9.53 Å². The Morgan fingerprint density at radius 2 is 2.50 bits per heavy atom. The summed E-state index contributed by atoms with van der Waals surface area (Å²) in [6.45, 7) is 4.14. The van der Waals surface area contributed by atoms with Gasteiger partial charge in [0.1, 0.15) is 12.4 Å². The lowest BCUT2D eigenvalue weighted by molar-refractivity contribution is -0.0321. The largest absolute Gasteiger partial charge is 0.372 e. The molecule has 3 heterocycles. The van der Waals surface area contributed by atoms with E-state index >= 15 is 0 Å². The smallest absolute Gasteiger partial charge is 0.288 e. The molecule has 1 fully saturated rings. The summed E-state index contributed by atoms with van der Waals surface area (Å²) in [5.41, 5.74) is 1.07. The van der Waals surface area contributed by atoms with Gasteiger partial charge in [-0.25, -0.2) is 4.98 Å². The Morgan fingerprint density at radius 3 is 3.27 bits per heavy atom. The van der Waals surface area contributed by atoms with Crippen LogP contribution < -0.4 is 5.32 Å². The molecule has 1 aliphatic heterocycles. The van der Waals surface area contributed by atoms with Gasteiger partial charge in [-0.3, -0.25) is 14.6 Å². The molecule has 2 atom stereocenters. The van der Waals surface area contributed by atoms with Crippen LogP contribution in [0.2, 0.25) is 0 Å². The van der Waals surface area contributed by atoms with Gasteiger partial charge in [0.25, 0.3) is 5.91 Å². The maximum atomic E-state index is 12.0. The SMILES string of the molecule is CCn1nccc1[C@@H]1OCCC[C@H]1CNC(=O)c1ncn[nH]1. The number of H-pyrrole nitrogens is 1. The first-order valence-electron chi connectivity index (χ1n) is 7.56. The normalized spacial score (nSPS) is 21.7. The zero-order valence-electron chi connectivity index (χ0n) is 12.5. The first-order chi connectivity index (χ1) is 10.8. The van der Waals surface area contributed by atoms with Crippen LogP contribution in [0.15, 0.2) is 18.6 Å². The van der Waals surface area contributed by atoms with E-state index in [4.69, 9.17) is 4.74 Å². The van der Waals surface area contributed by atoms with Crippen LogP contribution in [0, 0.1) is 5.92 Å². The van der Waals surface area contributed by atoms with Gasteiger partial charge in [-0.15, -0.1) is 0 Å². The number of nitrogens with zero attached hydrogens (tertiary/aromatic N) is 4. The minimum Gasteiger partial charge on any atom is -0.372 e. The van der Waals surface area contributed by atoms with Gasteiger partial charge in [0.2, 0.25) is 5.82 Å². The van der Waals surface area contributed by atoms with Crippen LogP contribution in [0.5, 0.6) is 0 Å². The molecule has 118 valence electrons. The summed E-state index contributed by atoms with van der Waals surface area (Å²) in [5, 5.41) is 13.5. The molecule has 0 aliphatic carbocycles. The first kappa shape index (κ1) is 14.7. The van der Waals surface area contributed by atoms with Gasteiger partial charge in [0.05, 0.1) is 5.69 Å². The maximum Gasteiger partial charge on any atom is 0.288 e. The summed E-state index contributed by atoms with van der Waals surface area (Å²) >= 11 is 0. The number of rotatable bonds is 5. The lowest BCUT2D eigenvalue weighted by Gasteiger charge is -2.32. The van der Waals surface area contributed by atoms with Crippen LogP contribution in [-0.4, -0.2) is 44.0 Å². The quantitative estimate of drug-likeness (QED) is 0.856. The lowest BCUT2D eigenvalue weighted by Crippen LogP contribution is -2.36. The fourth-order valence-electron chi connectivity index (χ4n) is 2.85. The number of hydrogen-bond donors (Lipinski definition) is 2. The van der Waals surface area contributed by atoms with Crippen molar-refractivity contribution in [3.8, 4) is 0 Å². The zero-order valence-corrected chi connectivity index (χ0v) is 12.5. The summed E-state index contributed by atoms with van der Waals surface area (Å²) in [4.78, 5) is 15.8. The van der Waals surface area contributed by atoms with Crippen molar-refractivity contribution in [2.24, 2.45) is 5.92 Å². The van der Waals surface area contributed by atoms with E-state index in [2.05, 4.69) is 32.5 Å². The zero-order chi connectivity index (χ0) is 15.4. The summed E-state index contributed by atoms with van der Waals surface area (Å²) in [6, 6.07) is 1.99. The van der Waals surface area contributed by atoms with Gasteiger partial charge in [0, 0.05) is 31.8 Å². The monoisotopic (exact) mass is 304 g/mol. The van der Waals surface area contributed by atoms with Crippen LogP contribution in [0.1, 0.15) is 42.2 Å². The number of nitrogens with one attached hydrogen (secondary N) is 2. The van der Waals surface area contributed by atoms with E-state index in [9.17, 15) is 4.79 Å². The predicted molar refractivity (Wildman–Crippen MR) is 78.0 cm³/mol. The Hall–Kier alpha value is -2.22. The molecule has 22 heavy (non-hydrogen) atoms. The molecular formula is C14H20N6O2. The second-order valence-corrected chi connectivity index (χ2v) is 5.31. The minimum absolute atomic E-state index is 0.0359. The predicted octanol–water partition coefficient (Wildman–Crippen LogP) is 0.919. The number of amides is 1. The topological polar surface area (TPSA) is 97.7 Å². The summed E-state index contributed by atoms with van der Waals surface area (Å²) in [6.07, 6.45) is 5.09. The highest BCUT2D eigenvalue weighted by Crippen LogP contribution is 2.33. The fourth-order valence-corrected chi connectivity index (χ4v) is 2.85. The van der Waals surface area contributed by atoms with Gasteiger partial charge < -0.3 is 10.1 Å². The number of ether oxygens (including phenoxy) is 1. The third-order valence-corrected chi connectivity index (χ3v) is 3.94. The van der Waals surface area contributed by atoms with Gasteiger partial charge >= 0.3 is 0 Å². The number of hydrogen-bond acceptors (Lipinski definition) is 5. The van der Waals surface area contributed by atoms with Crippen molar-refractivity contribution in [3.63, 3.8) is 0 Å². The van der Waals surface area contributed by atoms with Crippen molar-refractivity contribution in [1.82, 2.24) is 30.3 Å². The van der Waals surface area contributed by atoms with Crippen molar-refractivity contribution in [1.29, 1.82) is 0 Å². The van der Waals surface area contributed by atoms with Crippen molar-refractivity contribution in [3.05, 3.63) is 30.1 Å². The molecule has 2 aromatic rings. The number of carbonyl (C=O) groups excluding carboxylic acids is 1. The van der Waals surface area contributed by atoms with Crippen molar-refractivity contribution in [2.75, 3.05) is 13.2 Å². The summed E-state index contributed by atoms with van der Waals surface area (Å²) in [5.74, 6) is 0.209. The molecule has 0 unspecified atom stereocenters. The standard InChI is InChI=1S/C14H20N6O2/c1-2-20-11(5-6-18-20)12-10(4-3-7-22-12)8-15-14(21)13-16-9-17-19-13/h5-6,9-10,12H,2-4,7-8H2,1H3,(H,15,21)(H,16,17,19)/t10-,12+/m0/s1.